The van der Waals surface area contributed by atoms with Gasteiger partial charge in [-0.05, 0) is 40.7 Å². The molecule has 0 aliphatic rings. The lowest BCUT2D eigenvalue weighted by Gasteiger charge is -2.20. The summed E-state index contributed by atoms with van der Waals surface area (Å²) in [5, 5.41) is 10.6. The molecule has 106 valence electrons. The lowest BCUT2D eigenvalue weighted by atomic mass is 9.86. The second-order valence-electron chi connectivity index (χ2n) is 6.23. The topological polar surface area (TPSA) is 20.2 Å². The highest BCUT2D eigenvalue weighted by Gasteiger charge is 2.17. The lowest BCUT2D eigenvalue weighted by molar-refractivity contribution is 0.219. The van der Waals surface area contributed by atoms with Crippen LogP contribution in [0, 0.1) is 6.92 Å². The SMILES string of the molecule is Cc1c(Br)cccc1C(O)c1ccc(C(C)(C)C)cc1. The van der Waals surface area contributed by atoms with E-state index in [0.717, 1.165) is 21.2 Å². The standard InChI is InChI=1S/C18H21BrO/c1-12-15(6-5-7-16(12)19)17(20)13-8-10-14(11-9-13)18(2,3)4/h5-11,17,20H,1-4H3. The molecule has 2 aromatic rings. The molecule has 2 heteroatoms. The molecule has 0 aliphatic heterocycles. The molecular weight excluding hydrogens is 312 g/mol. The smallest absolute Gasteiger partial charge is 0.104 e. The third-order valence-electron chi connectivity index (χ3n) is 3.70. The average Bonchev–Trinajstić information content (AvgIpc) is 2.40. The molecule has 1 atom stereocenters. The first-order chi connectivity index (χ1) is 9.30. The van der Waals surface area contributed by atoms with Crippen LogP contribution in [0.5, 0.6) is 0 Å². The van der Waals surface area contributed by atoms with Gasteiger partial charge in [0.15, 0.2) is 0 Å². The molecule has 1 unspecified atom stereocenters. The summed E-state index contributed by atoms with van der Waals surface area (Å²) >= 11 is 3.51. The van der Waals surface area contributed by atoms with E-state index in [4.69, 9.17) is 0 Å². The molecule has 0 saturated heterocycles. The molecule has 20 heavy (non-hydrogen) atoms. The van der Waals surface area contributed by atoms with E-state index < -0.39 is 6.10 Å². The Morgan fingerprint density at radius 2 is 1.60 bits per heavy atom. The second kappa shape index (κ2) is 5.71. The number of aliphatic hydroxyl groups excluding tert-OH is 1. The van der Waals surface area contributed by atoms with Crippen LogP contribution in [0.1, 0.15) is 49.1 Å². The maximum atomic E-state index is 10.6. The quantitative estimate of drug-likeness (QED) is 0.807. The minimum atomic E-state index is -0.582. The summed E-state index contributed by atoms with van der Waals surface area (Å²) in [5.41, 5.74) is 4.37. The van der Waals surface area contributed by atoms with E-state index >= 15 is 0 Å². The minimum Gasteiger partial charge on any atom is -0.384 e. The summed E-state index contributed by atoms with van der Waals surface area (Å²) in [5.74, 6) is 0. The van der Waals surface area contributed by atoms with Gasteiger partial charge >= 0.3 is 0 Å². The number of rotatable bonds is 2. The molecular formula is C18H21BrO. The summed E-state index contributed by atoms with van der Waals surface area (Å²) in [6, 6.07) is 14.2. The van der Waals surface area contributed by atoms with Gasteiger partial charge in [-0.1, -0.05) is 73.1 Å². The van der Waals surface area contributed by atoms with E-state index in [1.165, 1.54) is 5.56 Å². The molecule has 0 aliphatic carbocycles. The molecule has 0 saturated carbocycles. The zero-order chi connectivity index (χ0) is 14.9. The van der Waals surface area contributed by atoms with Gasteiger partial charge in [-0.3, -0.25) is 0 Å². The van der Waals surface area contributed by atoms with E-state index in [0.29, 0.717) is 0 Å². The molecule has 1 nitrogen and oxygen atoms in total. The van der Waals surface area contributed by atoms with Crippen LogP contribution in [0.15, 0.2) is 46.9 Å². The van der Waals surface area contributed by atoms with Crippen molar-refractivity contribution in [3.8, 4) is 0 Å². The molecule has 2 rings (SSSR count). The van der Waals surface area contributed by atoms with Gasteiger partial charge in [0.05, 0.1) is 0 Å². The molecule has 0 fully saturated rings. The third kappa shape index (κ3) is 3.13. The average molecular weight is 333 g/mol. The fourth-order valence-corrected chi connectivity index (χ4v) is 2.65. The van der Waals surface area contributed by atoms with Crippen molar-refractivity contribution in [3.63, 3.8) is 0 Å². The number of hydrogen-bond donors (Lipinski definition) is 1. The van der Waals surface area contributed by atoms with Gasteiger partial charge in [-0.15, -0.1) is 0 Å². The van der Waals surface area contributed by atoms with Crippen LogP contribution in [0.25, 0.3) is 0 Å². The van der Waals surface area contributed by atoms with Crippen LogP contribution < -0.4 is 0 Å². The van der Waals surface area contributed by atoms with Gasteiger partial charge in [0.2, 0.25) is 0 Å². The predicted molar refractivity (Wildman–Crippen MR) is 88.1 cm³/mol. The van der Waals surface area contributed by atoms with Gasteiger partial charge in [-0.25, -0.2) is 0 Å². The van der Waals surface area contributed by atoms with E-state index in [-0.39, 0.29) is 5.41 Å². The van der Waals surface area contributed by atoms with Gasteiger partial charge in [0.25, 0.3) is 0 Å². The van der Waals surface area contributed by atoms with E-state index in [1.807, 2.05) is 37.3 Å². The highest BCUT2D eigenvalue weighted by Crippen LogP contribution is 2.30. The maximum Gasteiger partial charge on any atom is 0.104 e. The summed E-state index contributed by atoms with van der Waals surface area (Å²) in [6.07, 6.45) is -0.582. The minimum absolute atomic E-state index is 0.134. The number of hydrogen-bond acceptors (Lipinski definition) is 1. The Labute approximate surface area is 129 Å². The Morgan fingerprint density at radius 3 is 2.15 bits per heavy atom. The first-order valence-corrected chi connectivity index (χ1v) is 7.63. The first kappa shape index (κ1) is 15.3. The van der Waals surface area contributed by atoms with Crippen LogP contribution in [-0.2, 0) is 5.41 Å². The Hall–Kier alpha value is -1.12. The second-order valence-corrected chi connectivity index (χ2v) is 7.08. The van der Waals surface area contributed by atoms with Gasteiger partial charge < -0.3 is 5.11 Å². The fourth-order valence-electron chi connectivity index (χ4n) is 2.27. The van der Waals surface area contributed by atoms with Crippen molar-refractivity contribution in [3.05, 3.63) is 69.2 Å². The Kier molecular flexibility index (Phi) is 4.36. The van der Waals surface area contributed by atoms with Crippen LogP contribution >= 0.6 is 15.9 Å². The van der Waals surface area contributed by atoms with Crippen molar-refractivity contribution < 1.29 is 5.11 Å². The highest BCUT2D eigenvalue weighted by atomic mass is 79.9. The molecule has 2 aromatic carbocycles. The van der Waals surface area contributed by atoms with Crippen molar-refractivity contribution in [2.45, 2.75) is 39.2 Å². The molecule has 1 N–H and O–H groups in total. The number of halogens is 1. The molecule has 0 radical (unpaired) electrons. The zero-order valence-electron chi connectivity index (χ0n) is 12.4. The molecule has 0 amide bonds. The predicted octanol–water partition coefficient (Wildman–Crippen LogP) is 5.14. The maximum absolute atomic E-state index is 10.6. The van der Waals surface area contributed by atoms with E-state index in [1.54, 1.807) is 0 Å². The lowest BCUT2D eigenvalue weighted by Crippen LogP contribution is -2.11. The van der Waals surface area contributed by atoms with Crippen LogP contribution in [0.4, 0.5) is 0 Å². The summed E-state index contributed by atoms with van der Waals surface area (Å²) in [6.45, 7) is 8.59. The van der Waals surface area contributed by atoms with Crippen molar-refractivity contribution in [2.75, 3.05) is 0 Å². The van der Waals surface area contributed by atoms with Crippen LogP contribution in [0.2, 0.25) is 0 Å². The molecule has 0 aromatic heterocycles. The van der Waals surface area contributed by atoms with Gasteiger partial charge in [0, 0.05) is 4.47 Å². The fraction of sp³-hybridized carbons (Fsp3) is 0.333. The first-order valence-electron chi connectivity index (χ1n) is 6.84. The van der Waals surface area contributed by atoms with Crippen LogP contribution in [0.3, 0.4) is 0 Å². The molecule has 0 heterocycles. The molecule has 0 bridgehead atoms. The van der Waals surface area contributed by atoms with E-state index in [9.17, 15) is 5.11 Å². The van der Waals surface area contributed by atoms with Gasteiger partial charge in [0.1, 0.15) is 6.10 Å². The highest BCUT2D eigenvalue weighted by molar-refractivity contribution is 9.10. The van der Waals surface area contributed by atoms with Crippen molar-refractivity contribution in [1.82, 2.24) is 0 Å². The monoisotopic (exact) mass is 332 g/mol. The summed E-state index contributed by atoms with van der Waals surface area (Å²) < 4.78 is 1.03. The summed E-state index contributed by atoms with van der Waals surface area (Å²) in [7, 11) is 0. The largest absolute Gasteiger partial charge is 0.384 e. The summed E-state index contributed by atoms with van der Waals surface area (Å²) in [4.78, 5) is 0. The molecule has 0 spiro atoms. The van der Waals surface area contributed by atoms with Crippen molar-refractivity contribution in [1.29, 1.82) is 0 Å². The number of benzene rings is 2. The van der Waals surface area contributed by atoms with Gasteiger partial charge in [-0.2, -0.15) is 0 Å². The van der Waals surface area contributed by atoms with E-state index in [2.05, 4.69) is 48.8 Å². The number of aliphatic hydroxyl groups is 1. The Bertz CT molecular complexity index is 594. The normalized spacial score (nSPS) is 13.3. The zero-order valence-corrected chi connectivity index (χ0v) is 14.0. The van der Waals surface area contributed by atoms with Crippen LogP contribution in [-0.4, -0.2) is 5.11 Å². The Balaban J connectivity index is 2.34. The van der Waals surface area contributed by atoms with Crippen molar-refractivity contribution >= 4 is 15.9 Å². The Morgan fingerprint density at radius 1 is 1.00 bits per heavy atom. The van der Waals surface area contributed by atoms with Crippen molar-refractivity contribution in [2.24, 2.45) is 0 Å². The third-order valence-corrected chi connectivity index (χ3v) is 4.56.